The second kappa shape index (κ2) is 11.5. The zero-order chi connectivity index (χ0) is 18.5. The molecular weight excluding hydrogens is 411 g/mol. The molecule has 0 aliphatic carbocycles. The maximum atomic E-state index is 12.5. The fourth-order valence-corrected chi connectivity index (χ4v) is 4.08. The minimum absolute atomic E-state index is 0. The predicted molar refractivity (Wildman–Crippen MR) is 118 cm³/mol. The maximum Gasteiger partial charge on any atom is 0.273 e. The fraction of sp³-hybridized carbons (Fsp3) is 0.550. The van der Waals surface area contributed by atoms with Crippen LogP contribution in [0.15, 0.2) is 36.5 Å². The van der Waals surface area contributed by atoms with Crippen LogP contribution in [-0.2, 0) is 6.54 Å². The third-order valence-electron chi connectivity index (χ3n) is 5.65. The van der Waals surface area contributed by atoms with Gasteiger partial charge in [0.25, 0.3) is 5.91 Å². The Labute approximate surface area is 184 Å². The fourth-order valence-electron chi connectivity index (χ4n) is 4.08. The van der Waals surface area contributed by atoms with Gasteiger partial charge < -0.3 is 10.6 Å². The Hall–Kier alpha value is -1.67. The summed E-state index contributed by atoms with van der Waals surface area (Å²) in [6.45, 7) is 4.66. The first kappa shape index (κ1) is 23.6. The number of amides is 1. The summed E-state index contributed by atoms with van der Waals surface area (Å²) in [5.74, 6) is -0.123. The van der Waals surface area contributed by atoms with Crippen molar-refractivity contribution in [2.45, 2.75) is 44.3 Å². The van der Waals surface area contributed by atoms with Gasteiger partial charge in [-0.05, 0) is 50.9 Å². The number of nitrogens with zero attached hydrogens (tertiary/aromatic N) is 4. The van der Waals surface area contributed by atoms with Gasteiger partial charge in [-0.15, -0.1) is 29.9 Å². The Morgan fingerprint density at radius 1 is 1.14 bits per heavy atom. The zero-order valence-corrected chi connectivity index (χ0v) is 18.1. The van der Waals surface area contributed by atoms with E-state index in [0.717, 1.165) is 45.4 Å². The topological polar surface area (TPSA) is 75.1 Å². The molecule has 1 amide bonds. The Morgan fingerprint density at radius 2 is 1.90 bits per heavy atom. The van der Waals surface area contributed by atoms with Crippen LogP contribution in [0, 0.1) is 0 Å². The normalized spacial score (nSPS) is 19.9. The van der Waals surface area contributed by atoms with E-state index >= 15 is 0 Å². The van der Waals surface area contributed by atoms with Gasteiger partial charge in [-0.25, -0.2) is 4.68 Å². The largest absolute Gasteiger partial charge is 0.349 e. The average molecular weight is 441 g/mol. The summed E-state index contributed by atoms with van der Waals surface area (Å²) in [4.78, 5) is 15.0. The molecule has 1 aromatic heterocycles. The van der Waals surface area contributed by atoms with E-state index in [9.17, 15) is 4.79 Å². The molecule has 2 N–H and O–H groups in total. The van der Waals surface area contributed by atoms with Crippen LogP contribution < -0.4 is 10.6 Å². The summed E-state index contributed by atoms with van der Waals surface area (Å²) in [5, 5.41) is 14.7. The van der Waals surface area contributed by atoms with Crippen molar-refractivity contribution < 1.29 is 4.79 Å². The Balaban J connectivity index is 0.00000150. The smallest absolute Gasteiger partial charge is 0.273 e. The van der Waals surface area contributed by atoms with Gasteiger partial charge in [0.1, 0.15) is 0 Å². The van der Waals surface area contributed by atoms with Crippen molar-refractivity contribution in [3.05, 3.63) is 47.8 Å². The van der Waals surface area contributed by atoms with Crippen LogP contribution in [0.2, 0.25) is 0 Å². The summed E-state index contributed by atoms with van der Waals surface area (Å²) in [6.07, 6.45) is 6.15. The number of rotatable bonds is 6. The number of hydrogen-bond donors (Lipinski definition) is 2. The van der Waals surface area contributed by atoms with E-state index in [0.29, 0.717) is 24.3 Å². The van der Waals surface area contributed by atoms with Gasteiger partial charge in [-0.3, -0.25) is 9.69 Å². The standard InChI is InChI=1S/C20H28N6O.2ClH/c27-20(19-15-26(24-23-19)17-8-10-21-11-9-17)22-13-18-7-4-12-25(18)14-16-5-2-1-3-6-16;;/h1-3,5-6,15,17-18,21H,4,7-14H2,(H,22,27);2*1H. The highest BCUT2D eigenvalue weighted by atomic mass is 35.5. The van der Waals surface area contributed by atoms with Crippen LogP contribution in [0.4, 0.5) is 0 Å². The van der Waals surface area contributed by atoms with Gasteiger partial charge in [0.05, 0.1) is 12.2 Å². The lowest BCUT2D eigenvalue weighted by molar-refractivity contribution is 0.0934. The molecule has 160 valence electrons. The minimum Gasteiger partial charge on any atom is -0.349 e. The average Bonchev–Trinajstić information content (AvgIpc) is 3.37. The molecule has 2 saturated heterocycles. The number of aromatic nitrogens is 3. The third-order valence-corrected chi connectivity index (χ3v) is 5.65. The van der Waals surface area contributed by atoms with Gasteiger partial charge in [0.2, 0.25) is 0 Å². The van der Waals surface area contributed by atoms with Crippen LogP contribution in [0.3, 0.4) is 0 Å². The summed E-state index contributed by atoms with van der Waals surface area (Å²) in [5.41, 5.74) is 1.74. The van der Waals surface area contributed by atoms with Crippen molar-refractivity contribution >= 4 is 30.7 Å². The predicted octanol–water partition coefficient (Wildman–Crippen LogP) is 2.44. The van der Waals surface area contributed by atoms with E-state index in [1.165, 1.54) is 12.0 Å². The molecule has 29 heavy (non-hydrogen) atoms. The molecule has 2 aliphatic heterocycles. The van der Waals surface area contributed by atoms with E-state index < -0.39 is 0 Å². The summed E-state index contributed by atoms with van der Waals surface area (Å²) in [6, 6.07) is 11.2. The number of piperidine rings is 1. The monoisotopic (exact) mass is 440 g/mol. The molecule has 0 bridgehead atoms. The summed E-state index contributed by atoms with van der Waals surface area (Å²) < 4.78 is 1.85. The van der Waals surface area contributed by atoms with Crippen LogP contribution in [0.25, 0.3) is 0 Å². The second-order valence-corrected chi connectivity index (χ2v) is 7.53. The van der Waals surface area contributed by atoms with Crippen molar-refractivity contribution in [3.63, 3.8) is 0 Å². The maximum absolute atomic E-state index is 12.5. The lowest BCUT2D eigenvalue weighted by atomic mass is 10.1. The van der Waals surface area contributed by atoms with Crippen LogP contribution in [0.1, 0.15) is 47.8 Å². The van der Waals surface area contributed by atoms with E-state index in [1.54, 1.807) is 6.20 Å². The highest BCUT2D eigenvalue weighted by molar-refractivity contribution is 5.91. The molecule has 2 fully saturated rings. The molecule has 1 aromatic carbocycles. The van der Waals surface area contributed by atoms with E-state index in [1.807, 2.05) is 10.7 Å². The first-order valence-corrected chi connectivity index (χ1v) is 9.98. The molecule has 7 nitrogen and oxygen atoms in total. The number of nitrogens with one attached hydrogen (secondary N) is 2. The number of benzene rings is 1. The van der Waals surface area contributed by atoms with E-state index in [-0.39, 0.29) is 30.7 Å². The zero-order valence-electron chi connectivity index (χ0n) is 16.5. The molecule has 2 aromatic rings. The quantitative estimate of drug-likeness (QED) is 0.721. The van der Waals surface area contributed by atoms with Crippen molar-refractivity contribution in [1.82, 2.24) is 30.5 Å². The van der Waals surface area contributed by atoms with Crippen LogP contribution in [-0.4, -0.2) is 58.0 Å². The summed E-state index contributed by atoms with van der Waals surface area (Å²) in [7, 11) is 0. The number of halogens is 2. The van der Waals surface area contributed by atoms with Crippen LogP contribution >= 0.6 is 24.8 Å². The molecule has 9 heteroatoms. The van der Waals surface area contributed by atoms with Gasteiger partial charge >= 0.3 is 0 Å². The van der Waals surface area contributed by atoms with E-state index in [2.05, 4.69) is 50.1 Å². The Kier molecular flexibility index (Phi) is 9.36. The first-order valence-electron chi connectivity index (χ1n) is 9.98. The number of hydrogen-bond acceptors (Lipinski definition) is 5. The third kappa shape index (κ3) is 6.15. The van der Waals surface area contributed by atoms with Gasteiger partial charge in [0, 0.05) is 19.1 Å². The van der Waals surface area contributed by atoms with Crippen LogP contribution in [0.5, 0.6) is 0 Å². The van der Waals surface area contributed by atoms with E-state index in [4.69, 9.17) is 0 Å². The van der Waals surface area contributed by atoms with Gasteiger partial charge in [-0.1, -0.05) is 35.5 Å². The van der Waals surface area contributed by atoms with Crippen molar-refractivity contribution in [2.75, 3.05) is 26.2 Å². The number of carbonyl (C=O) groups is 1. The molecule has 1 atom stereocenters. The SMILES string of the molecule is Cl.Cl.O=C(NCC1CCCN1Cc1ccccc1)c1cn(C2CCNCC2)nn1. The van der Waals surface area contributed by atoms with Crippen molar-refractivity contribution in [1.29, 1.82) is 0 Å². The first-order chi connectivity index (χ1) is 13.3. The molecular formula is C20H30Cl2N6O. The van der Waals surface area contributed by atoms with Gasteiger partial charge in [0.15, 0.2) is 5.69 Å². The Bertz CT molecular complexity index is 750. The molecule has 1 unspecified atom stereocenters. The molecule has 0 spiro atoms. The number of carbonyl (C=O) groups excluding carboxylic acids is 1. The molecule has 0 radical (unpaired) electrons. The minimum atomic E-state index is -0.123. The molecule has 4 rings (SSSR count). The second-order valence-electron chi connectivity index (χ2n) is 7.53. The highest BCUT2D eigenvalue weighted by Crippen LogP contribution is 2.20. The molecule has 0 saturated carbocycles. The molecule has 3 heterocycles. The highest BCUT2D eigenvalue weighted by Gasteiger charge is 2.25. The lowest BCUT2D eigenvalue weighted by Gasteiger charge is -2.24. The lowest BCUT2D eigenvalue weighted by Crippen LogP contribution is -2.39. The van der Waals surface area contributed by atoms with Crippen molar-refractivity contribution in [3.8, 4) is 0 Å². The van der Waals surface area contributed by atoms with Crippen molar-refractivity contribution in [2.24, 2.45) is 0 Å². The number of likely N-dealkylation sites (tertiary alicyclic amines) is 1. The molecule has 2 aliphatic rings. The summed E-state index contributed by atoms with van der Waals surface area (Å²) >= 11 is 0. The van der Waals surface area contributed by atoms with Gasteiger partial charge in [-0.2, -0.15) is 0 Å². The Morgan fingerprint density at radius 3 is 2.66 bits per heavy atom.